The first kappa shape index (κ1) is 23.8. The standard InChI is InChI=1S/C24H29F2N3O3/c1-4-20(30)15-28(12-13-31-3)16-21-17(2)27-29(19-8-6-5-7-9-19)24(21)32-23-11-10-18(25)14-22(23)26/h5-11,14,20,30H,4,12-13,15-16H2,1-3H3. The van der Waals surface area contributed by atoms with E-state index in [1.807, 2.05) is 49.1 Å². The van der Waals surface area contributed by atoms with E-state index >= 15 is 0 Å². The monoisotopic (exact) mass is 445 g/mol. The summed E-state index contributed by atoms with van der Waals surface area (Å²) in [5, 5.41) is 14.8. The molecule has 0 saturated carbocycles. The quantitative estimate of drug-likeness (QED) is 0.472. The Balaban J connectivity index is 2.03. The van der Waals surface area contributed by atoms with E-state index in [-0.39, 0.29) is 5.75 Å². The third-order valence-corrected chi connectivity index (χ3v) is 5.17. The normalized spacial score (nSPS) is 12.3. The van der Waals surface area contributed by atoms with Crippen molar-refractivity contribution < 1.29 is 23.4 Å². The van der Waals surface area contributed by atoms with Gasteiger partial charge in [0.05, 0.1) is 29.7 Å². The van der Waals surface area contributed by atoms with Gasteiger partial charge in [-0.1, -0.05) is 25.1 Å². The fourth-order valence-electron chi connectivity index (χ4n) is 3.34. The Bertz CT molecular complexity index is 1010. The number of nitrogens with zero attached hydrogens (tertiary/aromatic N) is 3. The van der Waals surface area contributed by atoms with Gasteiger partial charge in [0.2, 0.25) is 5.88 Å². The predicted octanol–water partition coefficient (Wildman–Crippen LogP) is 4.47. The minimum atomic E-state index is -0.799. The number of ether oxygens (including phenoxy) is 2. The van der Waals surface area contributed by atoms with Crippen LogP contribution in [-0.4, -0.2) is 52.7 Å². The van der Waals surface area contributed by atoms with Crippen molar-refractivity contribution in [2.24, 2.45) is 0 Å². The number of aromatic nitrogens is 2. The maximum Gasteiger partial charge on any atom is 0.227 e. The van der Waals surface area contributed by atoms with Gasteiger partial charge < -0.3 is 14.6 Å². The zero-order valence-corrected chi connectivity index (χ0v) is 18.6. The molecule has 3 aromatic rings. The summed E-state index contributed by atoms with van der Waals surface area (Å²) in [6, 6.07) is 12.6. The maximum absolute atomic E-state index is 14.4. The lowest BCUT2D eigenvalue weighted by molar-refractivity contribution is 0.0825. The minimum Gasteiger partial charge on any atom is -0.435 e. The van der Waals surface area contributed by atoms with Crippen molar-refractivity contribution in [1.29, 1.82) is 0 Å². The summed E-state index contributed by atoms with van der Waals surface area (Å²) in [5.41, 5.74) is 2.20. The van der Waals surface area contributed by atoms with E-state index in [0.29, 0.717) is 44.2 Å². The zero-order chi connectivity index (χ0) is 23.1. The summed E-state index contributed by atoms with van der Waals surface area (Å²) in [4.78, 5) is 2.05. The van der Waals surface area contributed by atoms with Gasteiger partial charge in [-0.2, -0.15) is 5.10 Å². The largest absolute Gasteiger partial charge is 0.435 e. The lowest BCUT2D eigenvalue weighted by atomic mass is 10.2. The van der Waals surface area contributed by atoms with Gasteiger partial charge in [-0.15, -0.1) is 0 Å². The smallest absolute Gasteiger partial charge is 0.227 e. The summed E-state index contributed by atoms with van der Waals surface area (Å²) in [6.07, 6.45) is 0.130. The van der Waals surface area contributed by atoms with Gasteiger partial charge in [0.25, 0.3) is 0 Å². The molecule has 8 heteroatoms. The number of hydrogen-bond donors (Lipinski definition) is 1. The molecule has 0 aliphatic rings. The Hall–Kier alpha value is -2.81. The highest BCUT2D eigenvalue weighted by atomic mass is 19.1. The van der Waals surface area contributed by atoms with Crippen LogP contribution in [0.15, 0.2) is 48.5 Å². The SMILES string of the molecule is CCC(O)CN(CCOC)Cc1c(C)nn(-c2ccccc2)c1Oc1ccc(F)cc1F. The molecule has 0 spiro atoms. The molecule has 0 radical (unpaired) electrons. The molecule has 0 bridgehead atoms. The third-order valence-electron chi connectivity index (χ3n) is 5.17. The van der Waals surface area contributed by atoms with Crippen LogP contribution in [-0.2, 0) is 11.3 Å². The highest BCUT2D eigenvalue weighted by Crippen LogP contribution is 2.33. The zero-order valence-electron chi connectivity index (χ0n) is 18.6. The van der Waals surface area contributed by atoms with Crippen molar-refractivity contribution in [3.63, 3.8) is 0 Å². The van der Waals surface area contributed by atoms with E-state index in [1.54, 1.807) is 11.8 Å². The van der Waals surface area contributed by atoms with Crippen LogP contribution in [0.5, 0.6) is 11.6 Å². The first-order chi connectivity index (χ1) is 15.4. The molecule has 0 amide bonds. The lowest BCUT2D eigenvalue weighted by Gasteiger charge is -2.24. The average Bonchev–Trinajstić information content (AvgIpc) is 3.09. The first-order valence-corrected chi connectivity index (χ1v) is 10.6. The van der Waals surface area contributed by atoms with Crippen LogP contribution in [0.4, 0.5) is 8.78 Å². The number of aliphatic hydroxyl groups is 1. The number of methoxy groups -OCH3 is 1. The van der Waals surface area contributed by atoms with E-state index in [4.69, 9.17) is 9.47 Å². The predicted molar refractivity (Wildman–Crippen MR) is 118 cm³/mol. The maximum atomic E-state index is 14.4. The second-order valence-electron chi connectivity index (χ2n) is 7.58. The molecule has 172 valence electrons. The number of aliphatic hydroxyl groups excluding tert-OH is 1. The highest BCUT2D eigenvalue weighted by Gasteiger charge is 2.23. The summed E-state index contributed by atoms with van der Waals surface area (Å²) >= 11 is 0. The molecule has 1 aromatic heterocycles. The van der Waals surface area contributed by atoms with Crippen molar-refractivity contribution in [2.45, 2.75) is 32.9 Å². The number of halogens is 2. The highest BCUT2D eigenvalue weighted by molar-refractivity contribution is 5.43. The molecule has 0 saturated heterocycles. The Morgan fingerprint density at radius 3 is 2.56 bits per heavy atom. The van der Waals surface area contributed by atoms with Crippen LogP contribution in [0.25, 0.3) is 5.69 Å². The van der Waals surface area contributed by atoms with Crippen molar-refractivity contribution in [3.8, 4) is 17.3 Å². The Labute approximate surface area is 187 Å². The molecular weight excluding hydrogens is 416 g/mol. The van der Waals surface area contributed by atoms with Gasteiger partial charge in [-0.25, -0.2) is 13.5 Å². The van der Waals surface area contributed by atoms with Crippen molar-refractivity contribution in [2.75, 3.05) is 26.8 Å². The van der Waals surface area contributed by atoms with Gasteiger partial charge in [-0.05, 0) is 37.6 Å². The lowest BCUT2D eigenvalue weighted by Crippen LogP contribution is -2.34. The molecule has 1 atom stereocenters. The average molecular weight is 446 g/mol. The molecule has 1 unspecified atom stereocenters. The van der Waals surface area contributed by atoms with Gasteiger partial charge in [0.1, 0.15) is 5.82 Å². The number of rotatable bonds is 11. The molecule has 3 rings (SSSR count). The number of para-hydroxylation sites is 1. The van der Waals surface area contributed by atoms with Gasteiger partial charge >= 0.3 is 0 Å². The number of aryl methyl sites for hydroxylation is 1. The fraction of sp³-hybridized carbons (Fsp3) is 0.375. The van der Waals surface area contributed by atoms with Crippen LogP contribution in [0.3, 0.4) is 0 Å². The van der Waals surface area contributed by atoms with E-state index in [2.05, 4.69) is 5.10 Å². The molecule has 32 heavy (non-hydrogen) atoms. The molecule has 1 N–H and O–H groups in total. The number of benzene rings is 2. The van der Waals surface area contributed by atoms with Gasteiger partial charge in [0, 0.05) is 32.8 Å². The topological polar surface area (TPSA) is 59.8 Å². The minimum absolute atomic E-state index is 0.0956. The fourth-order valence-corrected chi connectivity index (χ4v) is 3.34. The van der Waals surface area contributed by atoms with Crippen molar-refractivity contribution in [1.82, 2.24) is 14.7 Å². The Kier molecular flexibility index (Phi) is 8.33. The Morgan fingerprint density at radius 1 is 1.16 bits per heavy atom. The Morgan fingerprint density at radius 2 is 1.91 bits per heavy atom. The first-order valence-electron chi connectivity index (χ1n) is 10.6. The molecule has 0 aliphatic heterocycles. The summed E-state index contributed by atoms with van der Waals surface area (Å²) < 4.78 is 40.6. The van der Waals surface area contributed by atoms with Crippen LogP contribution in [0, 0.1) is 18.6 Å². The van der Waals surface area contributed by atoms with E-state index in [1.165, 1.54) is 6.07 Å². The third kappa shape index (κ3) is 5.91. The van der Waals surface area contributed by atoms with E-state index in [9.17, 15) is 13.9 Å². The molecule has 2 aromatic carbocycles. The summed E-state index contributed by atoms with van der Waals surface area (Å²) in [7, 11) is 1.62. The molecule has 0 fully saturated rings. The van der Waals surface area contributed by atoms with Crippen molar-refractivity contribution >= 4 is 0 Å². The molecular formula is C24H29F2N3O3. The van der Waals surface area contributed by atoms with Crippen LogP contribution in [0.2, 0.25) is 0 Å². The van der Waals surface area contributed by atoms with Crippen LogP contribution < -0.4 is 4.74 Å². The van der Waals surface area contributed by atoms with Gasteiger partial charge in [-0.3, -0.25) is 4.90 Å². The van der Waals surface area contributed by atoms with Crippen LogP contribution in [0.1, 0.15) is 24.6 Å². The molecule has 0 aliphatic carbocycles. The summed E-state index contributed by atoms with van der Waals surface area (Å²) in [5.74, 6) is -1.23. The molecule has 1 heterocycles. The second-order valence-corrected chi connectivity index (χ2v) is 7.58. The van der Waals surface area contributed by atoms with Crippen molar-refractivity contribution in [3.05, 3.63) is 71.4 Å². The van der Waals surface area contributed by atoms with E-state index in [0.717, 1.165) is 23.4 Å². The van der Waals surface area contributed by atoms with Crippen LogP contribution >= 0.6 is 0 Å². The van der Waals surface area contributed by atoms with Gasteiger partial charge in [0.15, 0.2) is 11.6 Å². The van der Waals surface area contributed by atoms with E-state index < -0.39 is 17.7 Å². The summed E-state index contributed by atoms with van der Waals surface area (Å²) in [6.45, 7) is 5.72. The number of hydrogen-bond acceptors (Lipinski definition) is 5. The molecule has 6 nitrogen and oxygen atoms in total. The second kappa shape index (κ2) is 11.2.